The fourth-order valence-electron chi connectivity index (χ4n) is 1.88. The Hall–Kier alpha value is -1.34. The molecule has 1 aliphatic heterocycles. The normalized spacial score (nSPS) is 19.7. The average Bonchev–Trinajstić information content (AvgIpc) is 2.83. The van der Waals surface area contributed by atoms with Crippen LogP contribution in [-0.4, -0.2) is 54.5 Å². The number of rotatable bonds is 2. The summed E-state index contributed by atoms with van der Waals surface area (Å²) in [5.41, 5.74) is 0.456. The van der Waals surface area contributed by atoms with E-state index in [4.69, 9.17) is 4.74 Å². The number of nitrogens with one attached hydrogen (secondary N) is 2. The first-order valence-corrected chi connectivity index (χ1v) is 6.37. The van der Waals surface area contributed by atoms with Gasteiger partial charge in [-0.3, -0.25) is 9.59 Å². The van der Waals surface area contributed by atoms with Crippen molar-refractivity contribution in [3.63, 3.8) is 0 Å². The van der Waals surface area contributed by atoms with Crippen molar-refractivity contribution in [2.75, 3.05) is 26.8 Å². The van der Waals surface area contributed by atoms with E-state index < -0.39 is 6.04 Å². The number of aromatic amines is 1. The number of halogens is 1. The first-order chi connectivity index (χ1) is 8.63. The van der Waals surface area contributed by atoms with E-state index in [1.807, 2.05) is 0 Å². The van der Waals surface area contributed by atoms with Crippen LogP contribution >= 0.6 is 15.9 Å². The van der Waals surface area contributed by atoms with Crippen molar-refractivity contribution >= 4 is 27.7 Å². The van der Waals surface area contributed by atoms with Gasteiger partial charge in [-0.1, -0.05) is 0 Å². The number of hydrogen-bond acceptors (Lipinski definition) is 3. The second-order valence-corrected chi connectivity index (χ2v) is 4.85. The van der Waals surface area contributed by atoms with Crippen molar-refractivity contribution in [3.8, 4) is 0 Å². The number of amides is 2. The molecule has 0 radical (unpaired) electrons. The number of likely N-dealkylation sites (N-methyl/N-ethyl adjacent to an activating group) is 1. The van der Waals surface area contributed by atoms with Crippen molar-refractivity contribution < 1.29 is 14.3 Å². The maximum Gasteiger partial charge on any atom is 0.271 e. The molecule has 1 saturated heterocycles. The summed E-state index contributed by atoms with van der Waals surface area (Å²) in [5, 5.41) is 2.54. The van der Waals surface area contributed by atoms with Crippen LogP contribution in [0.5, 0.6) is 0 Å². The smallest absolute Gasteiger partial charge is 0.271 e. The van der Waals surface area contributed by atoms with Gasteiger partial charge in [0.15, 0.2) is 0 Å². The van der Waals surface area contributed by atoms with Crippen LogP contribution in [-0.2, 0) is 9.53 Å². The van der Waals surface area contributed by atoms with E-state index in [1.165, 1.54) is 4.90 Å². The third-order valence-corrected chi connectivity index (χ3v) is 3.27. The molecule has 0 aromatic carbocycles. The Morgan fingerprint density at radius 1 is 1.61 bits per heavy atom. The summed E-state index contributed by atoms with van der Waals surface area (Å²) in [4.78, 5) is 28.4. The number of H-pyrrole nitrogens is 1. The maximum absolute atomic E-state index is 12.3. The molecule has 1 unspecified atom stereocenters. The molecule has 2 rings (SSSR count). The van der Waals surface area contributed by atoms with E-state index in [9.17, 15) is 9.59 Å². The second-order valence-electron chi connectivity index (χ2n) is 3.94. The van der Waals surface area contributed by atoms with Gasteiger partial charge in [-0.15, -0.1) is 0 Å². The summed E-state index contributed by atoms with van der Waals surface area (Å²) in [6.07, 6.45) is 1.68. The van der Waals surface area contributed by atoms with E-state index in [0.29, 0.717) is 18.8 Å². The van der Waals surface area contributed by atoms with Crippen LogP contribution in [0, 0.1) is 0 Å². The number of morpholine rings is 1. The van der Waals surface area contributed by atoms with Gasteiger partial charge in [-0.25, -0.2) is 0 Å². The Morgan fingerprint density at radius 3 is 3.00 bits per heavy atom. The second kappa shape index (κ2) is 5.53. The van der Waals surface area contributed by atoms with Crippen LogP contribution in [0.4, 0.5) is 0 Å². The minimum absolute atomic E-state index is 0.197. The Bertz CT molecular complexity index is 460. The summed E-state index contributed by atoms with van der Waals surface area (Å²) < 4.78 is 6.05. The molecule has 0 spiro atoms. The minimum atomic E-state index is -0.571. The van der Waals surface area contributed by atoms with Gasteiger partial charge >= 0.3 is 0 Å². The number of carbonyl (C=O) groups excluding carboxylic acids is 2. The predicted octanol–water partition coefficient (Wildman–Crippen LogP) is 0.364. The SMILES string of the molecule is CNC(=O)C1COCCN1C(=O)c1cc(Br)c[nH]1. The number of ether oxygens (including phenoxy) is 1. The van der Waals surface area contributed by atoms with Crippen LogP contribution in [0.1, 0.15) is 10.5 Å². The molecule has 1 aliphatic rings. The molecule has 1 aromatic heterocycles. The molecule has 2 heterocycles. The first-order valence-electron chi connectivity index (χ1n) is 5.57. The van der Waals surface area contributed by atoms with Crippen molar-refractivity contribution in [1.29, 1.82) is 0 Å². The molecule has 1 fully saturated rings. The summed E-state index contributed by atoms with van der Waals surface area (Å²) in [7, 11) is 1.55. The lowest BCUT2D eigenvalue weighted by molar-refractivity contribution is -0.130. The van der Waals surface area contributed by atoms with Crippen LogP contribution in [0.3, 0.4) is 0 Å². The molecule has 0 bridgehead atoms. The lowest BCUT2D eigenvalue weighted by Gasteiger charge is -2.33. The van der Waals surface area contributed by atoms with E-state index >= 15 is 0 Å². The molecule has 2 N–H and O–H groups in total. The minimum Gasteiger partial charge on any atom is -0.377 e. The van der Waals surface area contributed by atoms with E-state index in [0.717, 1.165) is 4.47 Å². The summed E-state index contributed by atoms with van der Waals surface area (Å²) in [5.74, 6) is -0.411. The lowest BCUT2D eigenvalue weighted by atomic mass is 10.2. The fourth-order valence-corrected chi connectivity index (χ4v) is 2.22. The Morgan fingerprint density at radius 2 is 2.39 bits per heavy atom. The zero-order chi connectivity index (χ0) is 13.1. The highest BCUT2D eigenvalue weighted by Gasteiger charge is 2.33. The highest BCUT2D eigenvalue weighted by molar-refractivity contribution is 9.10. The van der Waals surface area contributed by atoms with Gasteiger partial charge in [0.25, 0.3) is 5.91 Å². The summed E-state index contributed by atoms with van der Waals surface area (Å²) in [6, 6.07) is 1.12. The monoisotopic (exact) mass is 315 g/mol. The molecule has 0 saturated carbocycles. The largest absolute Gasteiger partial charge is 0.377 e. The molecule has 7 heteroatoms. The molecular weight excluding hydrogens is 302 g/mol. The average molecular weight is 316 g/mol. The molecule has 1 aromatic rings. The van der Waals surface area contributed by atoms with Gasteiger partial charge in [-0.05, 0) is 22.0 Å². The van der Waals surface area contributed by atoms with E-state index in [2.05, 4.69) is 26.2 Å². The molecular formula is C11H14BrN3O3. The van der Waals surface area contributed by atoms with Crippen LogP contribution in [0.25, 0.3) is 0 Å². The number of aromatic nitrogens is 1. The van der Waals surface area contributed by atoms with Crippen LogP contribution in [0.15, 0.2) is 16.7 Å². The molecule has 98 valence electrons. The Labute approximate surface area is 113 Å². The van der Waals surface area contributed by atoms with Gasteiger partial charge in [0.2, 0.25) is 5.91 Å². The van der Waals surface area contributed by atoms with Gasteiger partial charge in [0.05, 0.1) is 13.2 Å². The van der Waals surface area contributed by atoms with Gasteiger partial charge in [0.1, 0.15) is 11.7 Å². The maximum atomic E-state index is 12.3. The third kappa shape index (κ3) is 2.56. The van der Waals surface area contributed by atoms with E-state index in [-0.39, 0.29) is 18.4 Å². The zero-order valence-corrected chi connectivity index (χ0v) is 11.5. The highest BCUT2D eigenvalue weighted by Crippen LogP contribution is 2.16. The Kier molecular flexibility index (Phi) is 4.03. The van der Waals surface area contributed by atoms with Crippen molar-refractivity contribution in [2.45, 2.75) is 6.04 Å². The summed E-state index contributed by atoms with van der Waals surface area (Å²) >= 11 is 3.28. The molecule has 6 nitrogen and oxygen atoms in total. The number of carbonyl (C=O) groups is 2. The molecule has 18 heavy (non-hydrogen) atoms. The van der Waals surface area contributed by atoms with Crippen LogP contribution < -0.4 is 5.32 Å². The zero-order valence-electron chi connectivity index (χ0n) is 9.90. The van der Waals surface area contributed by atoms with E-state index in [1.54, 1.807) is 19.3 Å². The molecule has 1 atom stereocenters. The van der Waals surface area contributed by atoms with Crippen LogP contribution in [0.2, 0.25) is 0 Å². The Balaban J connectivity index is 2.18. The number of hydrogen-bond donors (Lipinski definition) is 2. The lowest BCUT2D eigenvalue weighted by Crippen LogP contribution is -2.55. The highest BCUT2D eigenvalue weighted by atomic mass is 79.9. The summed E-state index contributed by atoms with van der Waals surface area (Å²) in [6.45, 7) is 1.09. The quantitative estimate of drug-likeness (QED) is 0.827. The van der Waals surface area contributed by atoms with Crippen molar-refractivity contribution in [3.05, 3.63) is 22.4 Å². The number of nitrogens with zero attached hydrogens (tertiary/aromatic N) is 1. The van der Waals surface area contributed by atoms with Crippen molar-refractivity contribution in [1.82, 2.24) is 15.2 Å². The standard InChI is InChI=1S/C11H14BrN3O3/c1-13-10(16)9-6-18-3-2-15(9)11(17)8-4-7(12)5-14-8/h4-5,9,14H,2-3,6H2,1H3,(H,13,16). The fraction of sp³-hybridized carbons (Fsp3) is 0.455. The molecule has 0 aliphatic carbocycles. The van der Waals surface area contributed by atoms with Crippen molar-refractivity contribution in [2.24, 2.45) is 0 Å². The topological polar surface area (TPSA) is 74.4 Å². The van der Waals surface area contributed by atoms with Gasteiger partial charge in [0, 0.05) is 24.3 Å². The third-order valence-electron chi connectivity index (χ3n) is 2.82. The first kappa shape index (κ1) is 13.1. The van der Waals surface area contributed by atoms with Gasteiger partial charge in [-0.2, -0.15) is 0 Å². The van der Waals surface area contributed by atoms with Gasteiger partial charge < -0.3 is 19.9 Å². The molecule has 2 amide bonds. The predicted molar refractivity (Wildman–Crippen MR) is 68.2 cm³/mol.